The summed E-state index contributed by atoms with van der Waals surface area (Å²) in [6, 6.07) is 19.7. The van der Waals surface area contributed by atoms with Gasteiger partial charge in [-0.05, 0) is 48.1 Å². The molecule has 0 saturated carbocycles. The fraction of sp³-hybridized carbons (Fsp3) is 0.190. The Kier molecular flexibility index (Phi) is 6.23. The summed E-state index contributed by atoms with van der Waals surface area (Å²) in [6.07, 6.45) is 2.71. The lowest BCUT2D eigenvalue weighted by molar-refractivity contribution is 0.111. The van der Waals surface area contributed by atoms with Gasteiger partial charge in [0.2, 0.25) is 0 Å². The molecule has 0 fully saturated rings. The van der Waals surface area contributed by atoms with Gasteiger partial charge in [-0.25, -0.2) is 0 Å². The van der Waals surface area contributed by atoms with Crippen molar-refractivity contribution in [1.82, 2.24) is 0 Å². The molecule has 3 nitrogen and oxygen atoms in total. The molecular weight excluding hydrogens is 332 g/mol. The van der Waals surface area contributed by atoms with Crippen LogP contribution in [0.15, 0.2) is 66.0 Å². The van der Waals surface area contributed by atoms with Crippen LogP contribution in [0.2, 0.25) is 0 Å². The molecule has 3 aromatic rings. The van der Waals surface area contributed by atoms with Gasteiger partial charge in [-0.3, -0.25) is 4.79 Å². The van der Waals surface area contributed by atoms with E-state index in [1.165, 1.54) is 5.56 Å². The van der Waals surface area contributed by atoms with Gasteiger partial charge in [0.15, 0.2) is 6.29 Å². The molecule has 0 atom stereocenters. The molecule has 0 amide bonds. The summed E-state index contributed by atoms with van der Waals surface area (Å²) in [4.78, 5) is 12.4. The zero-order chi connectivity index (χ0) is 17.3. The Balaban J connectivity index is 1.51. The Morgan fingerprint density at radius 1 is 0.960 bits per heavy atom. The number of rotatable bonds is 9. The van der Waals surface area contributed by atoms with Crippen molar-refractivity contribution in [2.45, 2.75) is 19.4 Å². The number of benzene rings is 2. The molecule has 0 N–H and O–H groups in total. The molecule has 2 aromatic carbocycles. The Bertz CT molecular complexity index is 782. The minimum absolute atomic E-state index is 0.468. The first kappa shape index (κ1) is 17.2. The van der Waals surface area contributed by atoms with Crippen molar-refractivity contribution in [2.75, 3.05) is 6.61 Å². The van der Waals surface area contributed by atoms with Crippen molar-refractivity contribution < 1.29 is 14.3 Å². The third kappa shape index (κ3) is 5.19. The number of hydrogen-bond donors (Lipinski definition) is 0. The fourth-order valence-corrected chi connectivity index (χ4v) is 3.11. The van der Waals surface area contributed by atoms with Crippen LogP contribution in [0.25, 0.3) is 0 Å². The molecule has 128 valence electrons. The molecule has 0 aliphatic heterocycles. The van der Waals surface area contributed by atoms with Crippen LogP contribution < -0.4 is 9.47 Å². The standard InChI is InChI=1S/C21H20O3S/c22-15-18-14-19(23-12-4-8-17-6-2-1-3-7-17)10-11-21(18)24-16-20-9-5-13-25-20/h1-3,5-7,9-11,13-15H,4,8,12,16H2. The largest absolute Gasteiger partial charge is 0.494 e. The predicted octanol–water partition coefficient (Wildman–Crippen LogP) is 5.15. The second-order valence-electron chi connectivity index (χ2n) is 5.62. The van der Waals surface area contributed by atoms with E-state index >= 15 is 0 Å². The van der Waals surface area contributed by atoms with E-state index in [-0.39, 0.29) is 0 Å². The van der Waals surface area contributed by atoms with E-state index < -0.39 is 0 Å². The molecule has 0 saturated heterocycles. The number of aryl methyl sites for hydroxylation is 1. The van der Waals surface area contributed by atoms with Crippen LogP contribution >= 0.6 is 11.3 Å². The molecule has 0 radical (unpaired) electrons. The minimum atomic E-state index is 0.468. The molecule has 0 aliphatic rings. The van der Waals surface area contributed by atoms with Crippen LogP contribution in [-0.2, 0) is 13.0 Å². The van der Waals surface area contributed by atoms with Gasteiger partial charge in [-0.15, -0.1) is 11.3 Å². The summed E-state index contributed by atoms with van der Waals surface area (Å²) in [7, 11) is 0. The van der Waals surface area contributed by atoms with E-state index in [1.807, 2.05) is 41.8 Å². The Hall–Kier alpha value is -2.59. The first-order valence-corrected chi connectivity index (χ1v) is 9.14. The Morgan fingerprint density at radius 3 is 2.60 bits per heavy atom. The van der Waals surface area contributed by atoms with Crippen molar-refractivity contribution in [2.24, 2.45) is 0 Å². The maximum Gasteiger partial charge on any atom is 0.153 e. The third-order valence-electron chi connectivity index (χ3n) is 3.78. The third-order valence-corrected chi connectivity index (χ3v) is 4.63. The van der Waals surface area contributed by atoms with Crippen LogP contribution in [0.5, 0.6) is 11.5 Å². The first-order valence-electron chi connectivity index (χ1n) is 8.26. The highest BCUT2D eigenvalue weighted by Crippen LogP contribution is 2.24. The highest BCUT2D eigenvalue weighted by atomic mass is 32.1. The molecular formula is C21H20O3S. The van der Waals surface area contributed by atoms with Crippen LogP contribution in [0.1, 0.15) is 27.2 Å². The summed E-state index contributed by atoms with van der Waals surface area (Å²) in [5.41, 5.74) is 1.81. The average molecular weight is 352 g/mol. The molecule has 1 heterocycles. The molecule has 25 heavy (non-hydrogen) atoms. The molecule has 4 heteroatoms. The van der Waals surface area contributed by atoms with Gasteiger partial charge in [-0.2, -0.15) is 0 Å². The highest BCUT2D eigenvalue weighted by Gasteiger charge is 2.06. The Labute approximate surface area is 151 Å². The number of carbonyl (C=O) groups excluding carboxylic acids is 1. The summed E-state index contributed by atoms with van der Waals surface area (Å²) in [5.74, 6) is 1.28. The van der Waals surface area contributed by atoms with Gasteiger partial charge >= 0.3 is 0 Å². The van der Waals surface area contributed by atoms with E-state index in [2.05, 4.69) is 12.1 Å². The van der Waals surface area contributed by atoms with E-state index in [0.29, 0.717) is 30.3 Å². The molecule has 0 aliphatic carbocycles. The molecule has 0 unspecified atom stereocenters. The van der Waals surface area contributed by atoms with E-state index in [0.717, 1.165) is 24.0 Å². The minimum Gasteiger partial charge on any atom is -0.494 e. The Morgan fingerprint density at radius 2 is 1.84 bits per heavy atom. The van der Waals surface area contributed by atoms with Crippen LogP contribution in [-0.4, -0.2) is 12.9 Å². The van der Waals surface area contributed by atoms with Crippen molar-refractivity contribution in [3.63, 3.8) is 0 Å². The maximum atomic E-state index is 11.3. The van der Waals surface area contributed by atoms with Crippen molar-refractivity contribution in [3.05, 3.63) is 82.0 Å². The van der Waals surface area contributed by atoms with Gasteiger partial charge in [0.05, 0.1) is 12.2 Å². The van der Waals surface area contributed by atoms with Crippen LogP contribution in [0.4, 0.5) is 0 Å². The quantitative estimate of drug-likeness (QED) is 0.394. The highest BCUT2D eigenvalue weighted by molar-refractivity contribution is 7.09. The van der Waals surface area contributed by atoms with Crippen LogP contribution in [0.3, 0.4) is 0 Å². The summed E-state index contributed by atoms with van der Waals surface area (Å²) in [5, 5.41) is 2.01. The van der Waals surface area contributed by atoms with Gasteiger partial charge in [0, 0.05) is 4.88 Å². The van der Waals surface area contributed by atoms with Crippen molar-refractivity contribution in [1.29, 1.82) is 0 Å². The average Bonchev–Trinajstić information content (AvgIpc) is 3.18. The molecule has 0 bridgehead atoms. The number of thiophene rings is 1. The van der Waals surface area contributed by atoms with E-state index in [9.17, 15) is 4.79 Å². The predicted molar refractivity (Wildman–Crippen MR) is 101 cm³/mol. The van der Waals surface area contributed by atoms with E-state index in [1.54, 1.807) is 23.5 Å². The number of carbonyl (C=O) groups is 1. The lowest BCUT2D eigenvalue weighted by atomic mass is 10.1. The molecule has 0 spiro atoms. The first-order chi connectivity index (χ1) is 12.3. The summed E-state index contributed by atoms with van der Waals surface area (Å²) >= 11 is 1.63. The normalized spacial score (nSPS) is 10.4. The number of aldehydes is 1. The lowest BCUT2D eigenvalue weighted by Crippen LogP contribution is -2.01. The second-order valence-corrected chi connectivity index (χ2v) is 6.66. The monoisotopic (exact) mass is 352 g/mol. The van der Waals surface area contributed by atoms with E-state index in [4.69, 9.17) is 9.47 Å². The topological polar surface area (TPSA) is 35.5 Å². The smallest absolute Gasteiger partial charge is 0.153 e. The zero-order valence-electron chi connectivity index (χ0n) is 13.9. The SMILES string of the molecule is O=Cc1cc(OCCCc2ccccc2)ccc1OCc1cccs1. The van der Waals surface area contributed by atoms with Crippen molar-refractivity contribution >= 4 is 17.6 Å². The summed E-state index contributed by atoms with van der Waals surface area (Å²) in [6.45, 7) is 1.08. The number of ether oxygens (including phenoxy) is 2. The summed E-state index contributed by atoms with van der Waals surface area (Å²) < 4.78 is 11.5. The van der Waals surface area contributed by atoms with Gasteiger partial charge < -0.3 is 9.47 Å². The van der Waals surface area contributed by atoms with Gasteiger partial charge in [-0.1, -0.05) is 36.4 Å². The van der Waals surface area contributed by atoms with Crippen LogP contribution in [0, 0.1) is 0 Å². The van der Waals surface area contributed by atoms with Crippen molar-refractivity contribution in [3.8, 4) is 11.5 Å². The zero-order valence-corrected chi connectivity index (χ0v) is 14.7. The maximum absolute atomic E-state index is 11.3. The fourth-order valence-electron chi connectivity index (χ4n) is 2.49. The number of hydrogen-bond acceptors (Lipinski definition) is 4. The second kappa shape index (κ2) is 9.04. The molecule has 3 rings (SSSR count). The molecule has 1 aromatic heterocycles. The van der Waals surface area contributed by atoms with Gasteiger partial charge in [0.1, 0.15) is 18.1 Å². The lowest BCUT2D eigenvalue weighted by Gasteiger charge is -2.11. The van der Waals surface area contributed by atoms with Gasteiger partial charge in [0.25, 0.3) is 0 Å².